The van der Waals surface area contributed by atoms with Crippen LogP contribution in [0.5, 0.6) is 0 Å². The molecule has 1 atom stereocenters. The van der Waals surface area contributed by atoms with E-state index < -0.39 is 15.7 Å². The van der Waals surface area contributed by atoms with Crippen LogP contribution in [0.1, 0.15) is 10.4 Å². The van der Waals surface area contributed by atoms with Crippen LogP contribution >= 0.6 is 20.4 Å². The molecular weight excluding hydrogens is 406 g/mol. The number of halogens is 1. The predicted molar refractivity (Wildman–Crippen MR) is 120 cm³/mol. The zero-order valence-electron chi connectivity index (χ0n) is 16.3. The Balaban J connectivity index is 1.78. The van der Waals surface area contributed by atoms with Gasteiger partial charge in [0.15, 0.2) is 0 Å². The van der Waals surface area contributed by atoms with E-state index in [0.717, 1.165) is 37.5 Å². The lowest BCUT2D eigenvalue weighted by atomic mass is 10.2. The largest absolute Gasteiger partial charge is 0.478 e. The van der Waals surface area contributed by atoms with Gasteiger partial charge in [-0.2, -0.15) is 0 Å². The summed E-state index contributed by atoms with van der Waals surface area (Å²) in [5.74, 6) is -0.934. The Labute approximate surface area is 175 Å². The maximum atomic E-state index is 11.1. The summed E-state index contributed by atoms with van der Waals surface area (Å²) >= 11 is 0. The Kier molecular flexibility index (Phi) is 5.06. The Morgan fingerprint density at radius 1 is 0.931 bits per heavy atom. The van der Waals surface area contributed by atoms with Crippen molar-refractivity contribution in [2.45, 2.75) is 4.90 Å². The number of fused-ring (bicyclic) bond motifs is 2. The van der Waals surface area contributed by atoms with Crippen LogP contribution in [0, 0.1) is 4.51 Å². The lowest BCUT2D eigenvalue weighted by Gasteiger charge is -2.21. The number of benzene rings is 3. The first-order valence-corrected chi connectivity index (χ1v) is 11.0. The summed E-state index contributed by atoms with van der Waals surface area (Å²) in [4.78, 5) is 20.9. The molecule has 1 unspecified atom stereocenters. The van der Waals surface area contributed by atoms with Gasteiger partial charge in [0.05, 0.1) is 16.6 Å². The summed E-state index contributed by atoms with van der Waals surface area (Å²) in [6.45, 7) is 0. The van der Waals surface area contributed by atoms with Crippen molar-refractivity contribution in [2.24, 2.45) is 4.99 Å². The summed E-state index contributed by atoms with van der Waals surface area (Å²) in [5.41, 5.74) is 4.13. The summed E-state index contributed by atoms with van der Waals surface area (Å²) in [5, 5.41) is 9.97. The molecule has 0 saturated heterocycles. The molecule has 3 aromatic rings. The number of hydrogen-bond acceptors (Lipinski definition) is 4. The molecule has 7 heteroatoms. The molecule has 148 valence electrons. The average Bonchev–Trinajstić information content (AvgIpc) is 2.73. The van der Waals surface area contributed by atoms with Gasteiger partial charge in [-0.05, 0) is 71.3 Å². The van der Waals surface area contributed by atoms with Crippen LogP contribution in [0.25, 0.3) is 0 Å². The second-order valence-corrected chi connectivity index (χ2v) is 9.30. The van der Waals surface area contributed by atoms with Gasteiger partial charge in [-0.3, -0.25) is 0 Å². The van der Waals surface area contributed by atoms with Gasteiger partial charge in [0.25, 0.3) is 0 Å². The zero-order valence-corrected chi connectivity index (χ0v) is 17.8. The average molecular weight is 426 g/mol. The molecule has 0 spiro atoms. The lowest BCUT2D eigenvalue weighted by Crippen LogP contribution is -2.13. The quantitative estimate of drug-likeness (QED) is 0.582. The van der Waals surface area contributed by atoms with Crippen LogP contribution in [-0.2, 0) is 0 Å². The van der Waals surface area contributed by atoms with Gasteiger partial charge in [-0.25, -0.2) is 9.79 Å². The molecule has 1 N–H and O–H groups in total. The Hall–Kier alpha value is -2.83. The van der Waals surface area contributed by atoms with E-state index in [1.807, 2.05) is 50.3 Å². The molecule has 1 aliphatic rings. The summed E-state index contributed by atoms with van der Waals surface area (Å²) < 4.78 is 0.988. The zero-order chi connectivity index (χ0) is 20.7. The van der Waals surface area contributed by atoms with Crippen LogP contribution in [0.2, 0.25) is 0 Å². The van der Waals surface area contributed by atoms with E-state index in [-0.39, 0.29) is 5.56 Å². The van der Waals surface area contributed by atoms with E-state index in [1.165, 1.54) is 0 Å². The summed E-state index contributed by atoms with van der Waals surface area (Å²) in [6, 6.07) is 19.0. The van der Waals surface area contributed by atoms with Gasteiger partial charge in [0, 0.05) is 47.6 Å². The standard InChI is InChI=1S/C22H20ClN3O2S/c1-25(2)16-8-10-18-20(12-16)29(23)21-13-17(9-11-19(21)24-18)26(3)15-6-4-14(5-7-15)22(27)28/h4-13H,1-3H3,(H,27,28). The van der Waals surface area contributed by atoms with E-state index in [1.54, 1.807) is 24.3 Å². The highest BCUT2D eigenvalue weighted by Gasteiger charge is 2.14. The van der Waals surface area contributed by atoms with Crippen LogP contribution < -0.4 is 15.2 Å². The molecule has 5 nitrogen and oxygen atoms in total. The SMILES string of the molecule is CN(C)c1ccc2c(c1)S(Cl)=c1cc(N(C)c3ccc(C(=O)O)cc3)ccc1=N2. The molecule has 3 aromatic carbocycles. The first kappa shape index (κ1) is 19.5. The van der Waals surface area contributed by atoms with Gasteiger partial charge < -0.3 is 14.9 Å². The number of rotatable bonds is 4. The number of anilines is 3. The van der Waals surface area contributed by atoms with E-state index in [4.69, 9.17) is 20.8 Å². The Bertz CT molecular complexity index is 1240. The van der Waals surface area contributed by atoms with Crippen molar-refractivity contribution in [3.63, 3.8) is 0 Å². The van der Waals surface area contributed by atoms with E-state index in [2.05, 4.69) is 17.0 Å². The van der Waals surface area contributed by atoms with Crippen molar-refractivity contribution in [1.82, 2.24) is 0 Å². The first-order valence-electron chi connectivity index (χ1n) is 9.00. The van der Waals surface area contributed by atoms with E-state index in [0.29, 0.717) is 0 Å². The van der Waals surface area contributed by atoms with Crippen molar-refractivity contribution in [1.29, 1.82) is 0 Å². The fraction of sp³-hybridized carbons (Fsp3) is 0.136. The number of carbonyl (C=O) groups is 1. The number of aromatic carboxylic acids is 1. The Morgan fingerprint density at radius 3 is 2.24 bits per heavy atom. The minimum atomic E-state index is -0.934. The first-order chi connectivity index (χ1) is 13.8. The number of carboxylic acids is 1. The van der Waals surface area contributed by atoms with Gasteiger partial charge in [-0.15, -0.1) is 0 Å². The molecule has 1 heterocycles. The maximum absolute atomic E-state index is 11.1. The highest BCUT2D eigenvalue weighted by atomic mass is 35.7. The molecule has 4 rings (SSSR count). The van der Waals surface area contributed by atoms with Gasteiger partial charge in [0.1, 0.15) is 0 Å². The van der Waals surface area contributed by atoms with Crippen molar-refractivity contribution in [3.8, 4) is 0 Å². The third-order valence-corrected chi connectivity index (χ3v) is 7.34. The molecule has 29 heavy (non-hydrogen) atoms. The number of nitrogens with zero attached hydrogens (tertiary/aromatic N) is 3. The fourth-order valence-electron chi connectivity index (χ4n) is 3.19. The van der Waals surface area contributed by atoms with Crippen molar-refractivity contribution < 1.29 is 9.90 Å². The predicted octanol–water partition coefficient (Wildman–Crippen LogP) is 5.22. The van der Waals surface area contributed by atoms with Gasteiger partial charge >= 0.3 is 5.97 Å². The highest BCUT2D eigenvalue weighted by Crippen LogP contribution is 2.44. The van der Waals surface area contributed by atoms with Crippen LogP contribution in [0.15, 0.2) is 70.6 Å². The Morgan fingerprint density at radius 2 is 1.59 bits per heavy atom. The second kappa shape index (κ2) is 7.54. The lowest BCUT2D eigenvalue weighted by molar-refractivity contribution is 0.0697. The molecule has 0 radical (unpaired) electrons. The highest BCUT2D eigenvalue weighted by molar-refractivity contribution is 8.29. The summed E-state index contributed by atoms with van der Waals surface area (Å²) in [7, 11) is 12.2. The normalized spacial score (nSPS) is 14.4. The van der Waals surface area contributed by atoms with E-state index in [9.17, 15) is 4.79 Å². The number of hydrogen-bond donors (Lipinski definition) is 1. The van der Waals surface area contributed by atoms with Crippen molar-refractivity contribution >= 4 is 49.1 Å². The summed E-state index contributed by atoms with van der Waals surface area (Å²) in [6.07, 6.45) is 0. The third kappa shape index (κ3) is 3.61. The molecule has 0 bridgehead atoms. The van der Waals surface area contributed by atoms with E-state index >= 15 is 0 Å². The van der Waals surface area contributed by atoms with Crippen molar-refractivity contribution in [2.75, 3.05) is 30.9 Å². The van der Waals surface area contributed by atoms with Crippen LogP contribution in [0.3, 0.4) is 0 Å². The molecule has 0 aliphatic carbocycles. The molecule has 0 aromatic heterocycles. The monoisotopic (exact) mass is 425 g/mol. The third-order valence-electron chi connectivity index (χ3n) is 4.92. The van der Waals surface area contributed by atoms with Gasteiger partial charge in [-0.1, -0.05) is 9.70 Å². The minimum Gasteiger partial charge on any atom is -0.478 e. The molecule has 0 saturated carbocycles. The number of carboxylic acid groups (broad SMARTS) is 1. The molecule has 1 aliphatic heterocycles. The second-order valence-electron chi connectivity index (χ2n) is 6.98. The minimum absolute atomic E-state index is 0.266. The fourth-order valence-corrected chi connectivity index (χ4v) is 5.21. The molecular formula is C22H20ClN3O2S. The molecule has 0 amide bonds. The smallest absolute Gasteiger partial charge is 0.335 e. The van der Waals surface area contributed by atoms with Gasteiger partial charge in [0.2, 0.25) is 0 Å². The maximum Gasteiger partial charge on any atom is 0.335 e. The topological polar surface area (TPSA) is 56.1 Å². The van der Waals surface area contributed by atoms with Crippen LogP contribution in [0.4, 0.5) is 22.7 Å². The van der Waals surface area contributed by atoms with Crippen molar-refractivity contribution in [3.05, 3.63) is 76.1 Å². The molecule has 0 fully saturated rings. The van der Waals surface area contributed by atoms with Crippen LogP contribution in [-0.4, -0.2) is 32.2 Å².